The van der Waals surface area contributed by atoms with Gasteiger partial charge in [-0.25, -0.2) is 8.78 Å². The van der Waals surface area contributed by atoms with Crippen molar-refractivity contribution in [3.63, 3.8) is 0 Å². The number of hydrogen-bond acceptors (Lipinski definition) is 5. The van der Waals surface area contributed by atoms with Gasteiger partial charge in [0.25, 0.3) is 5.91 Å². The van der Waals surface area contributed by atoms with Gasteiger partial charge in [0.1, 0.15) is 23.4 Å². The number of rotatable bonds is 6. The first-order valence-corrected chi connectivity index (χ1v) is 8.22. The molecule has 1 aromatic heterocycles. The molecule has 2 heterocycles. The SMILES string of the molecule is C[C@@H](NC(=O)[C@H]1CC(c2cc(F)ccc2F)=NO1)C(=O)NCc1ccco1. The normalized spacial score (nSPS) is 17.0. The lowest BCUT2D eigenvalue weighted by atomic mass is 10.0. The number of halogens is 2. The highest BCUT2D eigenvalue weighted by Gasteiger charge is 2.31. The van der Waals surface area contributed by atoms with Crippen LogP contribution in [0.1, 0.15) is 24.7 Å². The van der Waals surface area contributed by atoms with Crippen LogP contribution in [0.3, 0.4) is 0 Å². The van der Waals surface area contributed by atoms with Gasteiger partial charge in [-0.1, -0.05) is 5.16 Å². The van der Waals surface area contributed by atoms with E-state index in [0.717, 1.165) is 18.2 Å². The van der Waals surface area contributed by atoms with E-state index in [2.05, 4.69) is 15.8 Å². The predicted molar refractivity (Wildman–Crippen MR) is 90.5 cm³/mol. The predicted octanol–water partition coefficient (Wildman–Crippen LogP) is 1.87. The second-order valence-electron chi connectivity index (χ2n) is 5.99. The smallest absolute Gasteiger partial charge is 0.264 e. The molecular weight excluding hydrogens is 360 g/mol. The van der Waals surface area contributed by atoms with Crippen molar-refractivity contribution in [3.8, 4) is 0 Å². The van der Waals surface area contributed by atoms with Crippen LogP contribution in [-0.2, 0) is 21.0 Å². The zero-order valence-electron chi connectivity index (χ0n) is 14.4. The molecule has 0 unspecified atom stereocenters. The summed E-state index contributed by atoms with van der Waals surface area (Å²) in [5, 5.41) is 8.79. The summed E-state index contributed by atoms with van der Waals surface area (Å²) in [7, 11) is 0. The molecular formula is C18H17F2N3O4. The van der Waals surface area contributed by atoms with Crippen LogP contribution < -0.4 is 10.6 Å². The first-order chi connectivity index (χ1) is 12.9. The Bertz CT molecular complexity index is 867. The van der Waals surface area contributed by atoms with E-state index in [9.17, 15) is 18.4 Å². The third kappa shape index (κ3) is 4.49. The third-order valence-corrected chi connectivity index (χ3v) is 3.97. The van der Waals surface area contributed by atoms with Gasteiger partial charge in [0.15, 0.2) is 0 Å². The fourth-order valence-electron chi connectivity index (χ4n) is 2.51. The van der Waals surface area contributed by atoms with Gasteiger partial charge in [0.05, 0.1) is 18.5 Å². The number of amides is 2. The highest BCUT2D eigenvalue weighted by atomic mass is 19.1. The molecule has 2 N–H and O–H groups in total. The molecule has 0 aliphatic carbocycles. The fraction of sp³-hybridized carbons (Fsp3) is 0.278. The minimum atomic E-state index is -1.03. The van der Waals surface area contributed by atoms with Gasteiger partial charge in [0, 0.05) is 12.0 Å². The van der Waals surface area contributed by atoms with E-state index in [1.807, 2.05) is 0 Å². The van der Waals surface area contributed by atoms with Crippen LogP contribution in [0.2, 0.25) is 0 Å². The summed E-state index contributed by atoms with van der Waals surface area (Å²) in [6.07, 6.45) is 0.429. The van der Waals surface area contributed by atoms with Gasteiger partial charge in [-0.2, -0.15) is 0 Å². The highest BCUT2D eigenvalue weighted by molar-refractivity contribution is 6.04. The summed E-state index contributed by atoms with van der Waals surface area (Å²) in [6.45, 7) is 1.70. The molecule has 2 amide bonds. The Labute approximate surface area is 153 Å². The molecule has 0 spiro atoms. The number of carbonyl (C=O) groups excluding carboxylic acids is 2. The third-order valence-electron chi connectivity index (χ3n) is 3.97. The summed E-state index contributed by atoms with van der Waals surface area (Å²) >= 11 is 0. The first-order valence-electron chi connectivity index (χ1n) is 8.22. The van der Waals surface area contributed by atoms with Crippen molar-refractivity contribution in [2.24, 2.45) is 5.16 Å². The van der Waals surface area contributed by atoms with Gasteiger partial charge >= 0.3 is 0 Å². The minimum absolute atomic E-state index is 0.0348. The molecule has 0 radical (unpaired) electrons. The van der Waals surface area contributed by atoms with Crippen molar-refractivity contribution < 1.29 is 27.6 Å². The van der Waals surface area contributed by atoms with Gasteiger partial charge in [0.2, 0.25) is 12.0 Å². The Hall–Kier alpha value is -3.23. The van der Waals surface area contributed by atoms with Crippen molar-refractivity contribution in [3.05, 3.63) is 59.6 Å². The van der Waals surface area contributed by atoms with E-state index >= 15 is 0 Å². The molecule has 0 saturated carbocycles. The van der Waals surface area contributed by atoms with Crippen LogP contribution in [0.25, 0.3) is 0 Å². The number of nitrogens with one attached hydrogen (secondary N) is 2. The molecule has 1 aliphatic rings. The molecule has 1 aromatic carbocycles. The zero-order valence-corrected chi connectivity index (χ0v) is 14.4. The Morgan fingerprint density at radius 2 is 2.15 bits per heavy atom. The van der Waals surface area contributed by atoms with Crippen LogP contribution >= 0.6 is 0 Å². The molecule has 0 fully saturated rings. The van der Waals surface area contributed by atoms with E-state index in [1.54, 1.807) is 12.1 Å². The monoisotopic (exact) mass is 377 g/mol. The highest BCUT2D eigenvalue weighted by Crippen LogP contribution is 2.20. The van der Waals surface area contributed by atoms with Gasteiger partial charge in [-0.15, -0.1) is 0 Å². The molecule has 9 heteroatoms. The second kappa shape index (κ2) is 7.98. The summed E-state index contributed by atoms with van der Waals surface area (Å²) in [4.78, 5) is 29.3. The lowest BCUT2D eigenvalue weighted by molar-refractivity contribution is -0.135. The largest absolute Gasteiger partial charge is 0.467 e. The van der Waals surface area contributed by atoms with Crippen molar-refractivity contribution >= 4 is 17.5 Å². The molecule has 2 atom stereocenters. The maximum absolute atomic E-state index is 13.8. The number of carbonyl (C=O) groups is 2. The molecule has 0 bridgehead atoms. The average Bonchev–Trinajstić information content (AvgIpc) is 3.33. The summed E-state index contributed by atoms with van der Waals surface area (Å²) < 4.78 is 32.2. The number of nitrogens with zero attached hydrogens (tertiary/aromatic N) is 1. The topological polar surface area (TPSA) is 92.9 Å². The van der Waals surface area contributed by atoms with Crippen LogP contribution in [0.5, 0.6) is 0 Å². The van der Waals surface area contributed by atoms with Crippen LogP contribution in [0.15, 0.2) is 46.2 Å². The maximum Gasteiger partial charge on any atom is 0.264 e. The van der Waals surface area contributed by atoms with Crippen molar-refractivity contribution in [1.29, 1.82) is 0 Å². The number of oxime groups is 1. The van der Waals surface area contributed by atoms with Crippen molar-refractivity contribution in [2.75, 3.05) is 0 Å². The quantitative estimate of drug-likeness (QED) is 0.804. The summed E-state index contributed by atoms with van der Waals surface area (Å²) in [6, 6.07) is 5.53. The first kappa shape index (κ1) is 18.6. The Morgan fingerprint density at radius 3 is 2.89 bits per heavy atom. The van der Waals surface area contributed by atoms with Gasteiger partial charge in [-0.3, -0.25) is 9.59 Å². The lowest BCUT2D eigenvalue weighted by Gasteiger charge is -2.15. The van der Waals surface area contributed by atoms with E-state index in [4.69, 9.17) is 9.25 Å². The van der Waals surface area contributed by atoms with Gasteiger partial charge < -0.3 is 19.9 Å². The fourth-order valence-corrected chi connectivity index (χ4v) is 2.51. The molecule has 0 saturated heterocycles. The summed E-state index contributed by atoms with van der Waals surface area (Å²) in [5.41, 5.74) is 0.0663. The van der Waals surface area contributed by atoms with Crippen LogP contribution in [-0.4, -0.2) is 29.7 Å². The van der Waals surface area contributed by atoms with E-state index in [-0.39, 0.29) is 24.2 Å². The number of benzene rings is 1. The van der Waals surface area contributed by atoms with E-state index in [0.29, 0.717) is 5.76 Å². The minimum Gasteiger partial charge on any atom is -0.467 e. The lowest BCUT2D eigenvalue weighted by Crippen LogP contribution is -2.47. The average molecular weight is 377 g/mol. The maximum atomic E-state index is 13.8. The molecule has 7 nitrogen and oxygen atoms in total. The second-order valence-corrected chi connectivity index (χ2v) is 5.99. The molecule has 27 heavy (non-hydrogen) atoms. The molecule has 2 aromatic rings. The Balaban J connectivity index is 1.51. The Morgan fingerprint density at radius 1 is 1.33 bits per heavy atom. The number of hydrogen-bond donors (Lipinski definition) is 2. The van der Waals surface area contributed by atoms with E-state index in [1.165, 1.54) is 13.2 Å². The van der Waals surface area contributed by atoms with Gasteiger partial charge in [-0.05, 0) is 37.3 Å². The zero-order chi connectivity index (χ0) is 19.4. The van der Waals surface area contributed by atoms with Crippen molar-refractivity contribution in [2.45, 2.75) is 32.0 Å². The van der Waals surface area contributed by atoms with Crippen molar-refractivity contribution in [1.82, 2.24) is 10.6 Å². The number of furan rings is 1. The molecule has 1 aliphatic heterocycles. The van der Waals surface area contributed by atoms with Crippen LogP contribution in [0.4, 0.5) is 8.78 Å². The van der Waals surface area contributed by atoms with E-state index < -0.39 is 35.6 Å². The van der Waals surface area contributed by atoms with Crippen LogP contribution in [0, 0.1) is 11.6 Å². The standard InChI is InChI=1S/C18H17F2N3O4/c1-10(17(24)21-9-12-3-2-6-26-12)22-18(25)16-8-15(23-27-16)13-7-11(19)4-5-14(13)20/h2-7,10,16H,8-9H2,1H3,(H,21,24)(H,22,25)/t10-,16-/m1/s1. The summed E-state index contributed by atoms with van der Waals surface area (Å²) in [5.74, 6) is -1.69. The Kier molecular flexibility index (Phi) is 5.49. The molecule has 142 valence electrons. The molecule has 3 rings (SSSR count).